The van der Waals surface area contributed by atoms with E-state index in [1.165, 1.54) is 0 Å². The fraction of sp³-hybridized carbons (Fsp3) is 0.200. The molecule has 0 saturated heterocycles. The summed E-state index contributed by atoms with van der Waals surface area (Å²) in [6.07, 6.45) is 2.68. The number of aromatic nitrogens is 3. The van der Waals surface area contributed by atoms with Crippen LogP contribution in [0.25, 0.3) is 5.69 Å². The van der Waals surface area contributed by atoms with Crippen LogP contribution in [-0.2, 0) is 6.42 Å². The van der Waals surface area contributed by atoms with Crippen molar-refractivity contribution in [3.05, 3.63) is 64.4 Å². The number of nitrogens with zero attached hydrogens (tertiary/aromatic N) is 3. The molecule has 0 amide bonds. The third-order valence-corrected chi connectivity index (χ3v) is 4.22. The highest BCUT2D eigenvalue weighted by atomic mass is 32.1. The van der Waals surface area contributed by atoms with Crippen molar-refractivity contribution in [2.24, 2.45) is 5.84 Å². The van der Waals surface area contributed by atoms with Gasteiger partial charge in [0.05, 0.1) is 22.4 Å². The Morgan fingerprint density at radius 2 is 2.10 bits per heavy atom. The molecule has 0 aliphatic heterocycles. The molecule has 0 radical (unpaired) electrons. The first kappa shape index (κ1) is 13.9. The molecule has 1 aromatic carbocycles. The van der Waals surface area contributed by atoms with Crippen molar-refractivity contribution in [3.63, 3.8) is 0 Å². The number of hydrogen-bond acceptors (Lipinski definition) is 5. The Morgan fingerprint density at radius 1 is 1.29 bits per heavy atom. The summed E-state index contributed by atoms with van der Waals surface area (Å²) in [4.78, 5) is 4.48. The van der Waals surface area contributed by atoms with Crippen molar-refractivity contribution < 1.29 is 0 Å². The summed E-state index contributed by atoms with van der Waals surface area (Å²) in [7, 11) is 0. The smallest absolute Gasteiger partial charge is 0.0948 e. The largest absolute Gasteiger partial charge is 0.271 e. The zero-order valence-electron chi connectivity index (χ0n) is 11.7. The van der Waals surface area contributed by atoms with Crippen LogP contribution in [0.1, 0.15) is 22.4 Å². The first-order valence-electron chi connectivity index (χ1n) is 6.74. The monoisotopic (exact) mass is 299 g/mol. The molecular formula is C15H17N5S. The Kier molecular flexibility index (Phi) is 4.10. The van der Waals surface area contributed by atoms with Gasteiger partial charge >= 0.3 is 0 Å². The fourth-order valence-electron chi connectivity index (χ4n) is 2.17. The van der Waals surface area contributed by atoms with E-state index in [1.807, 2.05) is 59.6 Å². The van der Waals surface area contributed by atoms with Gasteiger partial charge in [-0.15, -0.1) is 11.3 Å². The summed E-state index contributed by atoms with van der Waals surface area (Å²) < 4.78 is 1.85. The Morgan fingerprint density at radius 3 is 2.76 bits per heavy atom. The van der Waals surface area contributed by atoms with E-state index in [-0.39, 0.29) is 6.04 Å². The van der Waals surface area contributed by atoms with Crippen molar-refractivity contribution >= 4 is 11.3 Å². The number of thiazole rings is 1. The van der Waals surface area contributed by atoms with Crippen LogP contribution in [0.15, 0.2) is 48.0 Å². The predicted octanol–water partition coefficient (Wildman–Crippen LogP) is 2.38. The molecule has 1 atom stereocenters. The van der Waals surface area contributed by atoms with Gasteiger partial charge < -0.3 is 0 Å². The summed E-state index contributed by atoms with van der Waals surface area (Å²) in [5, 5.41) is 7.71. The van der Waals surface area contributed by atoms with Crippen LogP contribution in [0.3, 0.4) is 0 Å². The Hall–Kier alpha value is -2.02. The highest BCUT2D eigenvalue weighted by Gasteiger charge is 2.15. The van der Waals surface area contributed by atoms with Crippen LogP contribution in [-0.4, -0.2) is 14.8 Å². The number of benzene rings is 1. The third-order valence-electron chi connectivity index (χ3n) is 3.23. The first-order valence-corrected chi connectivity index (χ1v) is 7.62. The van der Waals surface area contributed by atoms with Crippen LogP contribution < -0.4 is 11.3 Å². The molecule has 3 rings (SSSR count). The molecule has 0 fully saturated rings. The van der Waals surface area contributed by atoms with Gasteiger partial charge in [0.1, 0.15) is 0 Å². The highest BCUT2D eigenvalue weighted by molar-refractivity contribution is 7.09. The van der Waals surface area contributed by atoms with Gasteiger partial charge in [-0.05, 0) is 25.1 Å². The minimum atomic E-state index is -0.0412. The number of hydrazine groups is 1. The van der Waals surface area contributed by atoms with Crippen LogP contribution >= 0.6 is 11.3 Å². The third kappa shape index (κ3) is 3.18. The van der Waals surface area contributed by atoms with E-state index < -0.39 is 0 Å². The maximum Gasteiger partial charge on any atom is 0.0948 e. The molecule has 2 heterocycles. The van der Waals surface area contributed by atoms with E-state index in [0.717, 1.165) is 28.5 Å². The van der Waals surface area contributed by atoms with Gasteiger partial charge in [0.15, 0.2) is 0 Å². The lowest BCUT2D eigenvalue weighted by molar-refractivity contribution is 0.532. The first-order chi connectivity index (χ1) is 10.3. The average molecular weight is 299 g/mol. The Labute approximate surface area is 127 Å². The maximum absolute atomic E-state index is 5.68. The second-order valence-electron chi connectivity index (χ2n) is 4.83. The zero-order chi connectivity index (χ0) is 14.7. The quantitative estimate of drug-likeness (QED) is 0.560. The number of nitrogens with one attached hydrogen (secondary N) is 1. The van der Waals surface area contributed by atoms with Gasteiger partial charge in [-0.25, -0.2) is 9.67 Å². The highest BCUT2D eigenvalue weighted by Crippen LogP contribution is 2.19. The summed E-state index contributed by atoms with van der Waals surface area (Å²) in [5.41, 5.74) is 5.82. The molecule has 0 aliphatic rings. The minimum absolute atomic E-state index is 0.0412. The van der Waals surface area contributed by atoms with Crippen molar-refractivity contribution in [2.75, 3.05) is 0 Å². The number of para-hydroxylation sites is 1. The Balaban J connectivity index is 1.80. The summed E-state index contributed by atoms with van der Waals surface area (Å²) in [5.74, 6) is 5.68. The van der Waals surface area contributed by atoms with Gasteiger partial charge in [0, 0.05) is 23.7 Å². The fourth-order valence-corrected chi connectivity index (χ4v) is 2.99. The molecule has 3 N–H and O–H groups in total. The van der Waals surface area contributed by atoms with Crippen molar-refractivity contribution in [1.29, 1.82) is 0 Å². The molecule has 108 valence electrons. The standard InChI is InChI=1S/C15H17N5S/c1-11-10-21-15(17-11)9-14(18-16)13-7-8-20(19-13)12-5-3-2-4-6-12/h2-8,10,14,18H,9,16H2,1H3. The molecule has 1 unspecified atom stereocenters. The lowest BCUT2D eigenvalue weighted by Gasteiger charge is -2.11. The zero-order valence-corrected chi connectivity index (χ0v) is 12.5. The van der Waals surface area contributed by atoms with E-state index in [0.29, 0.717) is 0 Å². The molecule has 6 heteroatoms. The van der Waals surface area contributed by atoms with Gasteiger partial charge in [-0.1, -0.05) is 18.2 Å². The van der Waals surface area contributed by atoms with Gasteiger partial charge in [0.2, 0.25) is 0 Å². The minimum Gasteiger partial charge on any atom is -0.271 e. The van der Waals surface area contributed by atoms with E-state index >= 15 is 0 Å². The van der Waals surface area contributed by atoms with E-state index in [9.17, 15) is 0 Å². The second kappa shape index (κ2) is 6.17. The van der Waals surface area contributed by atoms with Gasteiger partial charge in [-0.3, -0.25) is 11.3 Å². The molecule has 2 aromatic heterocycles. The number of aryl methyl sites for hydroxylation is 1. The average Bonchev–Trinajstić information content (AvgIpc) is 3.15. The molecule has 0 spiro atoms. The predicted molar refractivity (Wildman–Crippen MR) is 84.2 cm³/mol. The van der Waals surface area contributed by atoms with Crippen molar-refractivity contribution in [1.82, 2.24) is 20.2 Å². The number of hydrogen-bond donors (Lipinski definition) is 2. The van der Waals surface area contributed by atoms with E-state index in [2.05, 4.69) is 15.5 Å². The molecular weight excluding hydrogens is 282 g/mol. The Bertz CT molecular complexity index is 704. The SMILES string of the molecule is Cc1csc(CC(NN)c2ccn(-c3ccccc3)n2)n1. The summed E-state index contributed by atoms with van der Waals surface area (Å²) in [6.45, 7) is 2.00. The second-order valence-corrected chi connectivity index (χ2v) is 5.77. The summed E-state index contributed by atoms with van der Waals surface area (Å²) in [6, 6.07) is 12.0. The topological polar surface area (TPSA) is 68.8 Å². The lowest BCUT2D eigenvalue weighted by atomic mass is 10.1. The van der Waals surface area contributed by atoms with E-state index in [4.69, 9.17) is 5.84 Å². The number of nitrogens with two attached hydrogens (primary N) is 1. The molecule has 5 nitrogen and oxygen atoms in total. The van der Waals surface area contributed by atoms with Crippen molar-refractivity contribution in [2.45, 2.75) is 19.4 Å². The molecule has 0 aliphatic carbocycles. The van der Waals surface area contributed by atoms with Crippen molar-refractivity contribution in [3.8, 4) is 5.69 Å². The van der Waals surface area contributed by atoms with Crippen LogP contribution in [0.5, 0.6) is 0 Å². The summed E-state index contributed by atoms with van der Waals surface area (Å²) >= 11 is 1.65. The molecule has 0 saturated carbocycles. The lowest BCUT2D eigenvalue weighted by Crippen LogP contribution is -2.30. The van der Waals surface area contributed by atoms with Crippen LogP contribution in [0.2, 0.25) is 0 Å². The number of rotatable bonds is 5. The van der Waals surface area contributed by atoms with Gasteiger partial charge in [-0.2, -0.15) is 5.10 Å². The van der Waals surface area contributed by atoms with Gasteiger partial charge in [0.25, 0.3) is 0 Å². The van der Waals surface area contributed by atoms with E-state index in [1.54, 1.807) is 11.3 Å². The molecule has 0 bridgehead atoms. The van der Waals surface area contributed by atoms with Crippen LogP contribution in [0.4, 0.5) is 0 Å². The molecule has 3 aromatic rings. The molecule has 21 heavy (non-hydrogen) atoms. The van der Waals surface area contributed by atoms with Crippen LogP contribution in [0, 0.1) is 6.92 Å². The maximum atomic E-state index is 5.68. The normalized spacial score (nSPS) is 12.5.